The van der Waals surface area contributed by atoms with E-state index in [1.807, 2.05) is 13.8 Å². The van der Waals surface area contributed by atoms with Crippen molar-refractivity contribution < 1.29 is 4.79 Å². The lowest BCUT2D eigenvalue weighted by Gasteiger charge is -2.31. The second kappa shape index (κ2) is 7.10. The molecule has 0 bridgehead atoms. The Kier molecular flexibility index (Phi) is 6.09. The molecule has 1 aliphatic rings. The van der Waals surface area contributed by atoms with E-state index in [2.05, 4.69) is 24.1 Å². The zero-order valence-corrected chi connectivity index (χ0v) is 12.3. The molecule has 0 spiro atoms. The topological polar surface area (TPSA) is 58.4 Å². The average molecular weight is 255 g/mol. The molecule has 1 saturated heterocycles. The molecule has 0 aromatic rings. The highest BCUT2D eigenvalue weighted by Gasteiger charge is 2.26. The molecule has 0 saturated carbocycles. The molecule has 1 amide bonds. The first kappa shape index (κ1) is 15.4. The zero-order valence-electron chi connectivity index (χ0n) is 12.3. The molecule has 3 N–H and O–H groups in total. The van der Waals surface area contributed by atoms with Crippen LogP contribution in [0.4, 0.5) is 0 Å². The third-order valence-corrected chi connectivity index (χ3v) is 3.89. The van der Waals surface area contributed by atoms with Crippen LogP contribution in [-0.2, 0) is 4.79 Å². The van der Waals surface area contributed by atoms with E-state index in [1.54, 1.807) is 0 Å². The van der Waals surface area contributed by atoms with Gasteiger partial charge in [-0.2, -0.15) is 0 Å². The standard InChI is InChI=1S/C14H29N3O/c1-10(2)12(17-7-5-6-8-17)9-16-14(18)13(15)11(3)4/h10-13H,5-9,15H2,1-4H3,(H,16,18)/t12?,13-/m1/s1. The minimum atomic E-state index is -0.392. The number of carbonyl (C=O) groups is 1. The molecule has 1 fully saturated rings. The SMILES string of the molecule is CC(C)C(CNC(=O)[C@H](N)C(C)C)N1CCCC1. The van der Waals surface area contributed by atoms with Crippen molar-refractivity contribution in [2.24, 2.45) is 17.6 Å². The third-order valence-electron chi connectivity index (χ3n) is 3.89. The summed E-state index contributed by atoms with van der Waals surface area (Å²) in [4.78, 5) is 14.4. The fourth-order valence-electron chi connectivity index (χ4n) is 2.49. The van der Waals surface area contributed by atoms with E-state index in [1.165, 1.54) is 12.8 Å². The van der Waals surface area contributed by atoms with Gasteiger partial charge in [0, 0.05) is 12.6 Å². The van der Waals surface area contributed by atoms with Crippen LogP contribution in [0.3, 0.4) is 0 Å². The van der Waals surface area contributed by atoms with Gasteiger partial charge >= 0.3 is 0 Å². The Balaban J connectivity index is 2.44. The molecule has 0 aromatic carbocycles. The zero-order chi connectivity index (χ0) is 13.7. The van der Waals surface area contributed by atoms with Gasteiger partial charge in [0.1, 0.15) is 0 Å². The molecule has 106 valence electrons. The summed E-state index contributed by atoms with van der Waals surface area (Å²) in [6.45, 7) is 11.4. The molecule has 1 aliphatic heterocycles. The summed E-state index contributed by atoms with van der Waals surface area (Å²) in [5.74, 6) is 0.725. The van der Waals surface area contributed by atoms with Crippen LogP contribution in [0.25, 0.3) is 0 Å². The first-order chi connectivity index (χ1) is 8.43. The van der Waals surface area contributed by atoms with Gasteiger partial charge in [-0.1, -0.05) is 27.7 Å². The molecule has 2 atom stereocenters. The summed E-state index contributed by atoms with van der Waals surface area (Å²) < 4.78 is 0. The molecule has 1 unspecified atom stereocenters. The third kappa shape index (κ3) is 4.25. The van der Waals surface area contributed by atoms with E-state index in [0.29, 0.717) is 12.0 Å². The van der Waals surface area contributed by atoms with Crippen LogP contribution in [-0.4, -0.2) is 42.5 Å². The van der Waals surface area contributed by atoms with Gasteiger partial charge < -0.3 is 11.1 Å². The molecule has 18 heavy (non-hydrogen) atoms. The van der Waals surface area contributed by atoms with E-state index >= 15 is 0 Å². The Bertz CT molecular complexity index is 260. The Hall–Kier alpha value is -0.610. The predicted octanol–water partition coefficient (Wildman–Crippen LogP) is 1.21. The normalized spacial score (nSPS) is 20.4. The van der Waals surface area contributed by atoms with E-state index < -0.39 is 6.04 Å². The predicted molar refractivity (Wildman–Crippen MR) is 75.3 cm³/mol. The van der Waals surface area contributed by atoms with E-state index in [4.69, 9.17) is 5.73 Å². The van der Waals surface area contributed by atoms with E-state index in [9.17, 15) is 4.79 Å². The largest absolute Gasteiger partial charge is 0.353 e. The Morgan fingerprint density at radius 2 is 1.72 bits per heavy atom. The second-order valence-electron chi connectivity index (χ2n) is 6.07. The second-order valence-corrected chi connectivity index (χ2v) is 6.07. The molecule has 0 radical (unpaired) electrons. The number of likely N-dealkylation sites (tertiary alicyclic amines) is 1. The molecule has 0 aromatic heterocycles. The number of rotatable bonds is 6. The molecule has 1 rings (SSSR count). The number of amides is 1. The van der Waals surface area contributed by atoms with Gasteiger partial charge in [-0.05, 0) is 37.8 Å². The van der Waals surface area contributed by atoms with Crippen LogP contribution in [0.2, 0.25) is 0 Å². The minimum Gasteiger partial charge on any atom is -0.353 e. The highest BCUT2D eigenvalue weighted by Crippen LogP contribution is 2.17. The first-order valence-electron chi connectivity index (χ1n) is 7.20. The number of nitrogens with zero attached hydrogens (tertiary/aromatic N) is 1. The van der Waals surface area contributed by atoms with Gasteiger partial charge in [-0.3, -0.25) is 9.69 Å². The van der Waals surface area contributed by atoms with Gasteiger partial charge in [0.2, 0.25) is 5.91 Å². The molecular formula is C14H29N3O. The van der Waals surface area contributed by atoms with Crippen molar-refractivity contribution in [1.29, 1.82) is 0 Å². The van der Waals surface area contributed by atoms with Crippen molar-refractivity contribution in [2.75, 3.05) is 19.6 Å². The highest BCUT2D eigenvalue weighted by atomic mass is 16.2. The lowest BCUT2D eigenvalue weighted by molar-refractivity contribution is -0.123. The number of nitrogens with two attached hydrogens (primary N) is 1. The van der Waals surface area contributed by atoms with E-state index in [0.717, 1.165) is 19.6 Å². The van der Waals surface area contributed by atoms with Crippen LogP contribution >= 0.6 is 0 Å². The van der Waals surface area contributed by atoms with Crippen LogP contribution in [0.15, 0.2) is 0 Å². The van der Waals surface area contributed by atoms with Crippen molar-refractivity contribution >= 4 is 5.91 Å². The molecule has 4 nitrogen and oxygen atoms in total. The smallest absolute Gasteiger partial charge is 0.237 e. The van der Waals surface area contributed by atoms with Crippen LogP contribution in [0.5, 0.6) is 0 Å². The number of hydrogen-bond acceptors (Lipinski definition) is 3. The van der Waals surface area contributed by atoms with Gasteiger partial charge in [0.15, 0.2) is 0 Å². The summed E-state index contributed by atoms with van der Waals surface area (Å²) in [7, 11) is 0. The van der Waals surface area contributed by atoms with Crippen LogP contribution in [0, 0.1) is 11.8 Å². The molecule has 0 aliphatic carbocycles. The maximum atomic E-state index is 11.9. The van der Waals surface area contributed by atoms with Gasteiger partial charge in [-0.25, -0.2) is 0 Å². The Labute approximate surface area is 111 Å². The van der Waals surface area contributed by atoms with Crippen LogP contribution in [0.1, 0.15) is 40.5 Å². The Morgan fingerprint density at radius 1 is 1.17 bits per heavy atom. The van der Waals surface area contributed by atoms with Crippen molar-refractivity contribution in [3.05, 3.63) is 0 Å². The summed E-state index contributed by atoms with van der Waals surface area (Å²) in [6, 6.07) is 0.0483. The Morgan fingerprint density at radius 3 is 2.17 bits per heavy atom. The average Bonchev–Trinajstić information content (AvgIpc) is 2.81. The van der Waals surface area contributed by atoms with Gasteiger partial charge in [-0.15, -0.1) is 0 Å². The minimum absolute atomic E-state index is 0.0187. The quantitative estimate of drug-likeness (QED) is 0.750. The highest BCUT2D eigenvalue weighted by molar-refractivity contribution is 5.81. The number of nitrogens with one attached hydrogen (secondary N) is 1. The summed E-state index contributed by atoms with van der Waals surface area (Å²) in [5.41, 5.74) is 5.85. The van der Waals surface area contributed by atoms with Crippen molar-refractivity contribution in [3.63, 3.8) is 0 Å². The van der Waals surface area contributed by atoms with E-state index in [-0.39, 0.29) is 11.8 Å². The first-order valence-corrected chi connectivity index (χ1v) is 7.20. The fourth-order valence-corrected chi connectivity index (χ4v) is 2.49. The number of carbonyl (C=O) groups excluding carboxylic acids is 1. The van der Waals surface area contributed by atoms with Crippen molar-refractivity contribution in [2.45, 2.75) is 52.6 Å². The lowest BCUT2D eigenvalue weighted by atomic mass is 10.0. The molecule has 1 heterocycles. The molecule has 4 heteroatoms. The van der Waals surface area contributed by atoms with Crippen molar-refractivity contribution in [1.82, 2.24) is 10.2 Å². The van der Waals surface area contributed by atoms with Crippen molar-refractivity contribution in [3.8, 4) is 0 Å². The summed E-state index contributed by atoms with van der Waals surface area (Å²) in [5, 5.41) is 3.02. The maximum Gasteiger partial charge on any atom is 0.237 e. The lowest BCUT2D eigenvalue weighted by Crippen LogP contribution is -2.50. The summed E-state index contributed by atoms with van der Waals surface area (Å²) >= 11 is 0. The monoisotopic (exact) mass is 255 g/mol. The fraction of sp³-hybridized carbons (Fsp3) is 0.929. The van der Waals surface area contributed by atoms with Crippen LogP contribution < -0.4 is 11.1 Å². The maximum absolute atomic E-state index is 11.9. The summed E-state index contributed by atoms with van der Waals surface area (Å²) in [6.07, 6.45) is 2.56. The van der Waals surface area contributed by atoms with Gasteiger partial charge in [0.25, 0.3) is 0 Å². The molecular weight excluding hydrogens is 226 g/mol. The number of hydrogen-bond donors (Lipinski definition) is 2. The van der Waals surface area contributed by atoms with Gasteiger partial charge in [0.05, 0.1) is 6.04 Å².